The van der Waals surface area contributed by atoms with Crippen LogP contribution < -0.4 is 11.5 Å². The minimum absolute atomic E-state index is 0.0367. The maximum absolute atomic E-state index is 9.77. The molecule has 0 heterocycles. The first kappa shape index (κ1) is 15.5. The molecular weight excluding hydrogens is 300 g/mol. The molecule has 24 heavy (non-hydrogen) atoms. The number of benzene rings is 1. The number of aryl methyl sites for hydroxylation is 1. The molecule has 0 spiro atoms. The summed E-state index contributed by atoms with van der Waals surface area (Å²) in [6.45, 7) is 2.36. The average molecular weight is 326 g/mol. The van der Waals surface area contributed by atoms with E-state index in [0.29, 0.717) is 23.5 Å². The number of phenols is 1. The van der Waals surface area contributed by atoms with Gasteiger partial charge in [-0.15, -0.1) is 5.10 Å². The zero-order chi connectivity index (χ0) is 16.9. The van der Waals surface area contributed by atoms with Crippen molar-refractivity contribution >= 4 is 11.7 Å². The normalized spacial score (nSPS) is 35.9. The van der Waals surface area contributed by atoms with Gasteiger partial charge < -0.3 is 16.6 Å². The summed E-state index contributed by atoms with van der Waals surface area (Å²) in [6.07, 6.45) is 6.77. The summed E-state index contributed by atoms with van der Waals surface area (Å²) in [5.41, 5.74) is 15.0. The summed E-state index contributed by atoms with van der Waals surface area (Å²) in [6, 6.07) is 5.95. The van der Waals surface area contributed by atoms with Gasteiger partial charge in [0.1, 0.15) is 5.75 Å². The molecule has 0 aromatic heterocycles. The number of nitrogens with zero attached hydrogens (tertiary/aromatic N) is 2. The van der Waals surface area contributed by atoms with Crippen LogP contribution in [0.25, 0.3) is 0 Å². The molecule has 0 amide bonds. The van der Waals surface area contributed by atoms with E-state index < -0.39 is 0 Å². The fraction of sp³-hybridized carbons (Fsp3) is 0.579. The predicted octanol–water partition coefficient (Wildman–Crippen LogP) is 2.88. The monoisotopic (exact) mass is 326 g/mol. The Kier molecular flexibility index (Phi) is 3.55. The summed E-state index contributed by atoms with van der Waals surface area (Å²) < 4.78 is 0. The van der Waals surface area contributed by atoms with Crippen molar-refractivity contribution in [3.63, 3.8) is 0 Å². The van der Waals surface area contributed by atoms with Gasteiger partial charge in [-0.25, -0.2) is 0 Å². The van der Waals surface area contributed by atoms with Gasteiger partial charge in [0.15, 0.2) is 0 Å². The fourth-order valence-electron chi connectivity index (χ4n) is 5.64. The Balaban J connectivity index is 1.66. The van der Waals surface area contributed by atoms with Crippen LogP contribution in [0.5, 0.6) is 5.75 Å². The highest BCUT2D eigenvalue weighted by Gasteiger charge is 2.53. The van der Waals surface area contributed by atoms with Crippen LogP contribution in [0.1, 0.15) is 56.1 Å². The van der Waals surface area contributed by atoms with Crippen LogP contribution in [-0.4, -0.2) is 16.8 Å². The van der Waals surface area contributed by atoms with E-state index in [1.54, 1.807) is 0 Å². The van der Waals surface area contributed by atoms with Crippen LogP contribution in [0, 0.1) is 17.3 Å². The molecule has 4 rings (SSSR count). The molecule has 1 aromatic rings. The van der Waals surface area contributed by atoms with E-state index in [1.165, 1.54) is 36.1 Å². The molecule has 5 heteroatoms. The lowest BCUT2D eigenvalue weighted by atomic mass is 9.55. The van der Waals surface area contributed by atoms with Crippen LogP contribution in [0.2, 0.25) is 0 Å². The Hall–Kier alpha value is -2.04. The minimum atomic E-state index is 0.0367. The molecule has 0 radical (unpaired) electrons. The van der Waals surface area contributed by atoms with Gasteiger partial charge in [-0.1, -0.05) is 13.0 Å². The molecule has 3 aliphatic carbocycles. The third kappa shape index (κ3) is 2.29. The Morgan fingerprint density at radius 3 is 2.83 bits per heavy atom. The van der Waals surface area contributed by atoms with Crippen molar-refractivity contribution in [2.75, 3.05) is 0 Å². The molecule has 0 unspecified atom stereocenters. The molecule has 4 atom stereocenters. The van der Waals surface area contributed by atoms with Crippen LogP contribution >= 0.6 is 0 Å². The van der Waals surface area contributed by atoms with Crippen molar-refractivity contribution < 1.29 is 5.11 Å². The van der Waals surface area contributed by atoms with Gasteiger partial charge in [0.25, 0.3) is 0 Å². The molecule has 1 aromatic carbocycles. The number of aromatic hydroxyl groups is 1. The second-order valence-corrected chi connectivity index (χ2v) is 7.87. The smallest absolute Gasteiger partial charge is 0.211 e. The molecule has 2 saturated carbocycles. The van der Waals surface area contributed by atoms with Crippen molar-refractivity contribution in [3.05, 3.63) is 29.3 Å². The standard InChI is InChI=1S/C19H26N4O/c1-19-9-8-14-13-5-3-12(24)10-11(13)2-4-15(14)16(19)6-7-17(19)22-23-18(20)21/h3,5,10,14-16,24H,2,4,6-9H2,1H3,(H4,20,21,23)/b22-17-/t14-,15+,16+,19+/m1/s1. The first-order valence-corrected chi connectivity index (χ1v) is 8.97. The van der Waals surface area contributed by atoms with E-state index >= 15 is 0 Å². The van der Waals surface area contributed by atoms with E-state index in [-0.39, 0.29) is 11.4 Å². The Morgan fingerprint density at radius 1 is 1.21 bits per heavy atom. The number of phenolic OH excluding ortho intramolecular Hbond substituents is 1. The Bertz CT molecular complexity index is 722. The summed E-state index contributed by atoms with van der Waals surface area (Å²) >= 11 is 0. The second kappa shape index (κ2) is 5.50. The number of rotatable bonds is 1. The van der Waals surface area contributed by atoms with Gasteiger partial charge in [-0.05, 0) is 79.5 Å². The van der Waals surface area contributed by atoms with E-state index in [1.807, 2.05) is 12.1 Å². The SMILES string of the molecule is C[C@]12CC[C@@H]3c4ccc(O)cc4CC[C@@H]3[C@@H]1CC/C2=N/N=C(N)N. The maximum atomic E-state index is 9.77. The van der Waals surface area contributed by atoms with Gasteiger partial charge in [-0.3, -0.25) is 0 Å². The lowest BCUT2D eigenvalue weighted by Gasteiger charge is -2.49. The van der Waals surface area contributed by atoms with Crippen molar-refractivity contribution in [1.82, 2.24) is 0 Å². The molecule has 2 fully saturated rings. The van der Waals surface area contributed by atoms with Crippen LogP contribution in [0.3, 0.4) is 0 Å². The first-order valence-electron chi connectivity index (χ1n) is 8.97. The summed E-state index contributed by atoms with van der Waals surface area (Å²) in [5.74, 6) is 2.41. The third-order valence-electron chi connectivity index (χ3n) is 6.74. The number of guanidine groups is 1. The van der Waals surface area contributed by atoms with E-state index in [0.717, 1.165) is 19.3 Å². The van der Waals surface area contributed by atoms with E-state index in [2.05, 4.69) is 23.2 Å². The molecule has 0 aliphatic heterocycles. The first-order chi connectivity index (χ1) is 11.5. The predicted molar refractivity (Wildman–Crippen MR) is 96.0 cm³/mol. The highest BCUT2D eigenvalue weighted by molar-refractivity contribution is 5.93. The number of hydrogen-bond donors (Lipinski definition) is 3. The van der Waals surface area contributed by atoms with E-state index in [4.69, 9.17) is 11.5 Å². The molecule has 5 N–H and O–H groups in total. The van der Waals surface area contributed by atoms with E-state index in [9.17, 15) is 5.11 Å². The average Bonchev–Trinajstić information content (AvgIpc) is 2.89. The molecule has 5 nitrogen and oxygen atoms in total. The maximum Gasteiger partial charge on any atom is 0.211 e. The lowest BCUT2D eigenvalue weighted by molar-refractivity contribution is 0.0955. The quantitative estimate of drug-likeness (QED) is 0.420. The highest BCUT2D eigenvalue weighted by Crippen LogP contribution is 2.59. The highest BCUT2D eigenvalue weighted by atomic mass is 16.3. The molecule has 3 aliphatic rings. The Morgan fingerprint density at radius 2 is 2.04 bits per heavy atom. The third-order valence-corrected chi connectivity index (χ3v) is 6.74. The lowest BCUT2D eigenvalue weighted by Crippen LogP contribution is -2.42. The largest absolute Gasteiger partial charge is 0.508 e. The van der Waals surface area contributed by atoms with Crippen molar-refractivity contribution in [3.8, 4) is 5.75 Å². The minimum Gasteiger partial charge on any atom is -0.508 e. The van der Waals surface area contributed by atoms with Gasteiger partial charge in [0.2, 0.25) is 5.96 Å². The molecule has 128 valence electrons. The number of fused-ring (bicyclic) bond motifs is 5. The summed E-state index contributed by atoms with van der Waals surface area (Å²) in [4.78, 5) is 0. The fourth-order valence-corrected chi connectivity index (χ4v) is 5.64. The summed E-state index contributed by atoms with van der Waals surface area (Å²) in [5, 5.41) is 18.1. The van der Waals surface area contributed by atoms with Crippen LogP contribution in [-0.2, 0) is 6.42 Å². The zero-order valence-electron chi connectivity index (χ0n) is 14.2. The Labute approximate surface area is 142 Å². The molecule has 0 saturated heterocycles. The second-order valence-electron chi connectivity index (χ2n) is 7.87. The van der Waals surface area contributed by atoms with Crippen LogP contribution in [0.4, 0.5) is 0 Å². The van der Waals surface area contributed by atoms with Crippen molar-refractivity contribution in [2.24, 2.45) is 38.9 Å². The van der Waals surface area contributed by atoms with Gasteiger partial charge >= 0.3 is 0 Å². The topological polar surface area (TPSA) is 97.0 Å². The van der Waals surface area contributed by atoms with Crippen molar-refractivity contribution in [2.45, 2.75) is 51.4 Å². The van der Waals surface area contributed by atoms with Gasteiger partial charge in [-0.2, -0.15) is 5.10 Å². The van der Waals surface area contributed by atoms with Gasteiger partial charge in [0.05, 0.1) is 0 Å². The zero-order valence-corrected chi connectivity index (χ0v) is 14.2. The summed E-state index contributed by atoms with van der Waals surface area (Å²) in [7, 11) is 0. The molecular formula is C19H26N4O. The van der Waals surface area contributed by atoms with Crippen molar-refractivity contribution in [1.29, 1.82) is 0 Å². The number of hydrogen-bond acceptors (Lipinski definition) is 3. The van der Waals surface area contributed by atoms with Crippen LogP contribution in [0.15, 0.2) is 28.4 Å². The molecule has 0 bridgehead atoms. The number of nitrogens with two attached hydrogens (primary N) is 2. The van der Waals surface area contributed by atoms with Gasteiger partial charge in [0, 0.05) is 11.1 Å².